The molecule has 0 amide bonds. The summed E-state index contributed by atoms with van der Waals surface area (Å²) in [6.45, 7) is 2.61. The number of hydrogen-bond acceptors (Lipinski definition) is 6. The minimum Gasteiger partial charge on any atom is -0.493 e. The third kappa shape index (κ3) is 3.29. The Hall–Kier alpha value is -2.25. The molecule has 0 saturated carbocycles. The molecule has 0 aliphatic carbocycles. The number of benzene rings is 1. The molecule has 1 aromatic carbocycles. The number of nitrogens with zero attached hydrogens (tertiary/aromatic N) is 3. The monoisotopic (exact) mass is 359 g/mol. The van der Waals surface area contributed by atoms with Crippen LogP contribution in [0.15, 0.2) is 47.6 Å². The Morgan fingerprint density at radius 1 is 1.24 bits per heavy atom. The Morgan fingerprint density at radius 2 is 2.04 bits per heavy atom. The number of aromatic nitrogens is 1. The standard InChI is InChI=1S/C18H21N3O3S/c1-4-21-17(20-16-7-5-6-10-19-16)25-12-18(21,22)13-8-9-14(23-2)15(11-13)24-3/h5-11,22H,4,12H2,1-3H3/b20-17+. The second-order valence-electron chi connectivity index (χ2n) is 5.50. The van der Waals surface area contributed by atoms with Gasteiger partial charge in [-0.05, 0) is 31.2 Å². The molecule has 132 valence electrons. The van der Waals surface area contributed by atoms with E-state index < -0.39 is 5.72 Å². The lowest BCUT2D eigenvalue weighted by atomic mass is 10.0. The predicted molar refractivity (Wildman–Crippen MR) is 99.6 cm³/mol. The highest BCUT2D eigenvalue weighted by Crippen LogP contribution is 2.42. The number of methoxy groups -OCH3 is 2. The van der Waals surface area contributed by atoms with Crippen molar-refractivity contribution in [1.82, 2.24) is 9.88 Å². The fourth-order valence-corrected chi connectivity index (χ4v) is 4.06. The first-order chi connectivity index (χ1) is 12.1. The smallest absolute Gasteiger partial charge is 0.175 e. The van der Waals surface area contributed by atoms with Crippen molar-refractivity contribution in [2.75, 3.05) is 26.5 Å². The van der Waals surface area contributed by atoms with Gasteiger partial charge in [0.15, 0.2) is 28.2 Å². The number of thioether (sulfide) groups is 1. The summed E-state index contributed by atoms with van der Waals surface area (Å²) in [5, 5.41) is 12.1. The van der Waals surface area contributed by atoms with Crippen LogP contribution in [0.2, 0.25) is 0 Å². The van der Waals surface area contributed by atoms with Gasteiger partial charge in [0, 0.05) is 18.3 Å². The van der Waals surface area contributed by atoms with Gasteiger partial charge in [0.2, 0.25) is 0 Å². The number of aliphatic imine (C=N–C) groups is 1. The summed E-state index contributed by atoms with van der Waals surface area (Å²) < 4.78 is 10.7. The van der Waals surface area contributed by atoms with Crippen LogP contribution < -0.4 is 9.47 Å². The Kier molecular flexibility index (Phi) is 5.15. The van der Waals surface area contributed by atoms with Gasteiger partial charge >= 0.3 is 0 Å². The van der Waals surface area contributed by atoms with Gasteiger partial charge < -0.3 is 19.5 Å². The molecular formula is C18H21N3O3S. The highest BCUT2D eigenvalue weighted by Gasteiger charge is 2.44. The van der Waals surface area contributed by atoms with Crippen molar-refractivity contribution in [3.05, 3.63) is 48.2 Å². The lowest BCUT2D eigenvalue weighted by Gasteiger charge is -2.34. The Morgan fingerprint density at radius 3 is 2.68 bits per heavy atom. The summed E-state index contributed by atoms with van der Waals surface area (Å²) in [5.41, 5.74) is -0.419. The summed E-state index contributed by atoms with van der Waals surface area (Å²) in [6.07, 6.45) is 1.70. The SMILES string of the molecule is CCN1/C(=N\c2ccccn2)SCC1(O)c1ccc(OC)c(OC)c1. The van der Waals surface area contributed by atoms with Crippen LogP contribution in [0.1, 0.15) is 12.5 Å². The second-order valence-corrected chi connectivity index (χ2v) is 6.44. The van der Waals surface area contributed by atoms with Gasteiger partial charge in [0.1, 0.15) is 0 Å². The molecular weight excluding hydrogens is 338 g/mol. The van der Waals surface area contributed by atoms with Crippen LogP contribution in [0.5, 0.6) is 11.5 Å². The number of ether oxygens (including phenoxy) is 2. The quantitative estimate of drug-likeness (QED) is 0.885. The maximum absolute atomic E-state index is 11.4. The summed E-state index contributed by atoms with van der Waals surface area (Å²) >= 11 is 1.51. The van der Waals surface area contributed by atoms with E-state index in [1.54, 1.807) is 26.5 Å². The summed E-state index contributed by atoms with van der Waals surface area (Å²) in [6, 6.07) is 11.1. The van der Waals surface area contributed by atoms with E-state index in [0.717, 1.165) is 10.7 Å². The molecule has 2 aromatic rings. The molecule has 1 saturated heterocycles. The molecule has 1 N–H and O–H groups in total. The first-order valence-electron chi connectivity index (χ1n) is 7.97. The van der Waals surface area contributed by atoms with E-state index in [2.05, 4.69) is 9.98 Å². The van der Waals surface area contributed by atoms with Crippen LogP contribution in [0.3, 0.4) is 0 Å². The Bertz CT molecular complexity index is 769. The first kappa shape index (κ1) is 17.6. The van der Waals surface area contributed by atoms with Gasteiger partial charge in [0.05, 0.1) is 20.0 Å². The Labute approximate surface area is 151 Å². The molecule has 6 nitrogen and oxygen atoms in total. The molecule has 1 aromatic heterocycles. The van der Waals surface area contributed by atoms with E-state index in [4.69, 9.17) is 9.47 Å². The van der Waals surface area contributed by atoms with Crippen molar-refractivity contribution < 1.29 is 14.6 Å². The topological polar surface area (TPSA) is 67.2 Å². The summed E-state index contributed by atoms with van der Waals surface area (Å²) in [7, 11) is 3.17. The van der Waals surface area contributed by atoms with Gasteiger partial charge in [-0.25, -0.2) is 9.98 Å². The Balaban J connectivity index is 1.97. The highest BCUT2D eigenvalue weighted by atomic mass is 32.2. The van der Waals surface area contributed by atoms with Gasteiger partial charge in [0.25, 0.3) is 0 Å². The van der Waals surface area contributed by atoms with Crippen molar-refractivity contribution in [3.63, 3.8) is 0 Å². The zero-order chi connectivity index (χ0) is 17.9. The van der Waals surface area contributed by atoms with Gasteiger partial charge in [-0.2, -0.15) is 0 Å². The van der Waals surface area contributed by atoms with Crippen molar-refractivity contribution in [2.24, 2.45) is 4.99 Å². The van der Waals surface area contributed by atoms with E-state index in [-0.39, 0.29) is 0 Å². The number of aliphatic hydroxyl groups is 1. The van der Waals surface area contributed by atoms with E-state index in [1.165, 1.54) is 11.8 Å². The van der Waals surface area contributed by atoms with E-state index in [9.17, 15) is 5.11 Å². The molecule has 0 bridgehead atoms. The number of amidine groups is 1. The third-order valence-electron chi connectivity index (χ3n) is 4.10. The van der Waals surface area contributed by atoms with Gasteiger partial charge in [-0.1, -0.05) is 23.9 Å². The van der Waals surface area contributed by atoms with E-state index >= 15 is 0 Å². The second kappa shape index (κ2) is 7.33. The molecule has 0 spiro atoms. The minimum absolute atomic E-state index is 0.474. The lowest BCUT2D eigenvalue weighted by Crippen LogP contribution is -2.44. The maximum atomic E-state index is 11.4. The highest BCUT2D eigenvalue weighted by molar-refractivity contribution is 8.14. The van der Waals surface area contributed by atoms with Crippen molar-refractivity contribution in [2.45, 2.75) is 12.6 Å². The largest absolute Gasteiger partial charge is 0.493 e. The van der Waals surface area contributed by atoms with Crippen LogP contribution in [0.4, 0.5) is 5.82 Å². The molecule has 1 unspecified atom stereocenters. The zero-order valence-corrected chi connectivity index (χ0v) is 15.3. The molecule has 1 aliphatic rings. The van der Waals surface area contributed by atoms with Crippen LogP contribution in [-0.2, 0) is 5.72 Å². The maximum Gasteiger partial charge on any atom is 0.175 e. The third-order valence-corrected chi connectivity index (χ3v) is 5.22. The number of hydrogen-bond donors (Lipinski definition) is 1. The summed E-state index contributed by atoms with van der Waals surface area (Å²) in [5.74, 6) is 2.32. The summed E-state index contributed by atoms with van der Waals surface area (Å²) in [4.78, 5) is 10.7. The average Bonchev–Trinajstić information content (AvgIpc) is 2.98. The predicted octanol–water partition coefficient (Wildman–Crippen LogP) is 3.00. The molecule has 0 radical (unpaired) electrons. The van der Waals surface area contributed by atoms with Gasteiger partial charge in [-0.3, -0.25) is 0 Å². The molecule has 25 heavy (non-hydrogen) atoms. The van der Waals surface area contributed by atoms with Crippen LogP contribution in [0.25, 0.3) is 0 Å². The first-order valence-corrected chi connectivity index (χ1v) is 8.96. The van der Waals surface area contributed by atoms with Crippen LogP contribution in [-0.4, -0.2) is 46.7 Å². The van der Waals surface area contributed by atoms with Crippen LogP contribution in [0, 0.1) is 0 Å². The number of pyridine rings is 1. The molecule has 1 aliphatic heterocycles. The molecule has 3 rings (SSSR count). The van der Waals surface area contributed by atoms with Crippen molar-refractivity contribution >= 4 is 22.7 Å². The minimum atomic E-state index is -1.16. The van der Waals surface area contributed by atoms with Crippen LogP contribution >= 0.6 is 11.8 Å². The molecule has 7 heteroatoms. The normalized spacial score (nSPS) is 21.6. The number of rotatable bonds is 5. The fraction of sp³-hybridized carbons (Fsp3) is 0.333. The fourth-order valence-electron chi connectivity index (χ4n) is 2.81. The molecule has 1 atom stereocenters. The average molecular weight is 359 g/mol. The zero-order valence-electron chi connectivity index (χ0n) is 14.5. The van der Waals surface area contributed by atoms with E-state index in [1.807, 2.05) is 42.2 Å². The van der Waals surface area contributed by atoms with Crippen molar-refractivity contribution in [1.29, 1.82) is 0 Å². The van der Waals surface area contributed by atoms with Crippen molar-refractivity contribution in [3.8, 4) is 11.5 Å². The van der Waals surface area contributed by atoms with Gasteiger partial charge in [-0.15, -0.1) is 0 Å². The van der Waals surface area contributed by atoms with E-state index in [0.29, 0.717) is 29.6 Å². The molecule has 2 heterocycles. The molecule has 1 fully saturated rings. The lowest BCUT2D eigenvalue weighted by molar-refractivity contribution is -0.0453.